The number of carbonyl (C=O) groups excluding carboxylic acids is 1. The summed E-state index contributed by atoms with van der Waals surface area (Å²) in [7, 11) is 2.18. The van der Waals surface area contributed by atoms with Crippen molar-refractivity contribution in [2.24, 2.45) is 0 Å². The second kappa shape index (κ2) is 7.48. The van der Waals surface area contributed by atoms with Gasteiger partial charge in [-0.25, -0.2) is 4.52 Å². The number of likely N-dealkylation sites (tertiary alicyclic amines) is 1. The average Bonchev–Trinajstić information content (AvgIpc) is 3.15. The van der Waals surface area contributed by atoms with Gasteiger partial charge in [-0.1, -0.05) is 35.0 Å². The highest BCUT2D eigenvalue weighted by atomic mass is 16.2. The Balaban J connectivity index is 1.35. The normalized spacial score (nSPS) is 15.6. The third kappa shape index (κ3) is 3.85. The van der Waals surface area contributed by atoms with Crippen molar-refractivity contribution in [3.05, 3.63) is 65.5 Å². The van der Waals surface area contributed by atoms with Crippen LogP contribution in [0.1, 0.15) is 34.3 Å². The van der Waals surface area contributed by atoms with Gasteiger partial charge in [0.25, 0.3) is 5.91 Å². The third-order valence-corrected chi connectivity index (χ3v) is 5.43. The van der Waals surface area contributed by atoms with Crippen molar-refractivity contribution >= 4 is 11.4 Å². The molecule has 2 aromatic heterocycles. The average molecular weight is 363 g/mol. The number of hydrogen-bond acceptors (Lipinski definition) is 4. The van der Waals surface area contributed by atoms with Gasteiger partial charge in [0.15, 0.2) is 0 Å². The van der Waals surface area contributed by atoms with E-state index in [1.165, 1.54) is 11.1 Å². The number of nitrogens with zero attached hydrogens (tertiary/aromatic N) is 5. The van der Waals surface area contributed by atoms with Crippen LogP contribution in [0.5, 0.6) is 0 Å². The molecule has 3 heterocycles. The minimum Gasteiger partial charge on any atom is -0.338 e. The predicted octanol–water partition coefficient (Wildman–Crippen LogP) is 2.77. The molecule has 1 aromatic carbocycles. The van der Waals surface area contributed by atoms with E-state index < -0.39 is 0 Å². The van der Waals surface area contributed by atoms with E-state index in [9.17, 15) is 4.79 Å². The molecule has 0 spiro atoms. The summed E-state index contributed by atoms with van der Waals surface area (Å²) < 4.78 is 1.65. The van der Waals surface area contributed by atoms with E-state index in [2.05, 4.69) is 53.4 Å². The zero-order valence-corrected chi connectivity index (χ0v) is 15.9. The van der Waals surface area contributed by atoms with Gasteiger partial charge in [0.2, 0.25) is 0 Å². The standard InChI is InChI=1S/C21H25N5O/c1-16-4-3-5-17(12-16)14-24(2)19-8-10-25(11-9-19)21(27)18-6-7-20-13-22-23-26(20)15-18/h3-7,12-13,15,19H,8-11,14H2,1-2H3. The topological polar surface area (TPSA) is 53.7 Å². The van der Waals surface area contributed by atoms with Gasteiger partial charge < -0.3 is 4.90 Å². The van der Waals surface area contributed by atoms with E-state index >= 15 is 0 Å². The summed E-state index contributed by atoms with van der Waals surface area (Å²) in [5.74, 6) is 0.0761. The van der Waals surface area contributed by atoms with E-state index in [-0.39, 0.29) is 5.91 Å². The van der Waals surface area contributed by atoms with Gasteiger partial charge in [-0.2, -0.15) is 0 Å². The number of pyridine rings is 1. The van der Waals surface area contributed by atoms with Gasteiger partial charge in [0.05, 0.1) is 17.3 Å². The van der Waals surface area contributed by atoms with Crippen molar-refractivity contribution < 1.29 is 4.79 Å². The lowest BCUT2D eigenvalue weighted by Gasteiger charge is -2.37. The van der Waals surface area contributed by atoms with Crippen molar-refractivity contribution in [1.82, 2.24) is 24.6 Å². The molecule has 0 N–H and O–H groups in total. The minimum atomic E-state index is 0.0761. The number of hydrogen-bond donors (Lipinski definition) is 0. The van der Waals surface area contributed by atoms with Gasteiger partial charge in [0, 0.05) is 31.9 Å². The van der Waals surface area contributed by atoms with Crippen LogP contribution in [-0.2, 0) is 6.54 Å². The first-order valence-electron chi connectivity index (χ1n) is 9.45. The van der Waals surface area contributed by atoms with Crippen molar-refractivity contribution in [2.45, 2.75) is 32.4 Å². The number of aromatic nitrogens is 3. The molecule has 1 fully saturated rings. The fraction of sp³-hybridized carbons (Fsp3) is 0.381. The fourth-order valence-electron chi connectivity index (χ4n) is 3.87. The van der Waals surface area contributed by atoms with E-state index in [1.54, 1.807) is 16.9 Å². The smallest absolute Gasteiger partial charge is 0.255 e. The van der Waals surface area contributed by atoms with Crippen LogP contribution in [0.3, 0.4) is 0 Å². The number of aryl methyl sites for hydroxylation is 1. The van der Waals surface area contributed by atoms with Crippen LogP contribution in [0.4, 0.5) is 0 Å². The summed E-state index contributed by atoms with van der Waals surface area (Å²) >= 11 is 0. The first-order chi connectivity index (χ1) is 13.1. The number of benzene rings is 1. The first-order valence-corrected chi connectivity index (χ1v) is 9.45. The predicted molar refractivity (Wildman–Crippen MR) is 105 cm³/mol. The highest BCUT2D eigenvalue weighted by molar-refractivity contribution is 5.94. The van der Waals surface area contributed by atoms with Gasteiger partial charge in [0.1, 0.15) is 0 Å². The number of fused-ring (bicyclic) bond motifs is 1. The maximum absolute atomic E-state index is 12.8. The van der Waals surface area contributed by atoms with Gasteiger partial charge in [-0.15, -0.1) is 5.10 Å². The van der Waals surface area contributed by atoms with Crippen LogP contribution in [-0.4, -0.2) is 56.7 Å². The lowest BCUT2D eigenvalue weighted by atomic mass is 10.0. The first kappa shape index (κ1) is 17.7. The Kier molecular flexibility index (Phi) is 4.90. The maximum Gasteiger partial charge on any atom is 0.255 e. The summed E-state index contributed by atoms with van der Waals surface area (Å²) in [5.41, 5.74) is 4.20. The number of rotatable bonds is 4. The third-order valence-electron chi connectivity index (χ3n) is 5.43. The second-order valence-corrected chi connectivity index (χ2v) is 7.45. The molecule has 0 unspecified atom stereocenters. The summed E-state index contributed by atoms with van der Waals surface area (Å²) in [6.07, 6.45) is 5.45. The molecule has 1 aliphatic rings. The summed E-state index contributed by atoms with van der Waals surface area (Å²) in [6, 6.07) is 12.9. The number of amides is 1. The molecule has 3 aromatic rings. The monoisotopic (exact) mass is 363 g/mol. The molecule has 0 radical (unpaired) electrons. The van der Waals surface area contributed by atoms with E-state index in [0.29, 0.717) is 11.6 Å². The molecule has 140 valence electrons. The molecule has 1 saturated heterocycles. The highest BCUT2D eigenvalue weighted by Crippen LogP contribution is 2.20. The van der Waals surface area contributed by atoms with Crippen molar-refractivity contribution in [2.75, 3.05) is 20.1 Å². The lowest BCUT2D eigenvalue weighted by molar-refractivity contribution is 0.0639. The summed E-state index contributed by atoms with van der Waals surface area (Å²) in [5, 5.41) is 7.84. The zero-order chi connectivity index (χ0) is 18.8. The van der Waals surface area contributed by atoms with Crippen LogP contribution in [0.2, 0.25) is 0 Å². The molecule has 0 aliphatic carbocycles. The Morgan fingerprint density at radius 2 is 2.04 bits per heavy atom. The van der Waals surface area contributed by atoms with E-state index in [4.69, 9.17) is 0 Å². The van der Waals surface area contributed by atoms with Gasteiger partial charge in [-0.3, -0.25) is 9.69 Å². The molecule has 0 bridgehead atoms. The largest absolute Gasteiger partial charge is 0.338 e. The molecule has 0 atom stereocenters. The number of carbonyl (C=O) groups is 1. The van der Waals surface area contributed by atoms with Crippen molar-refractivity contribution in [3.8, 4) is 0 Å². The van der Waals surface area contributed by atoms with E-state index in [1.807, 2.05) is 17.0 Å². The lowest BCUT2D eigenvalue weighted by Crippen LogP contribution is -2.45. The summed E-state index contributed by atoms with van der Waals surface area (Å²) in [4.78, 5) is 17.2. The Morgan fingerprint density at radius 1 is 1.22 bits per heavy atom. The molecule has 0 saturated carbocycles. The van der Waals surface area contributed by atoms with Crippen LogP contribution in [0, 0.1) is 6.92 Å². The molecule has 6 nitrogen and oxygen atoms in total. The van der Waals surface area contributed by atoms with Gasteiger partial charge in [-0.05, 0) is 44.5 Å². The second-order valence-electron chi connectivity index (χ2n) is 7.45. The molecule has 6 heteroatoms. The molecule has 1 amide bonds. The Bertz CT molecular complexity index is 942. The minimum absolute atomic E-state index is 0.0761. The molecule has 27 heavy (non-hydrogen) atoms. The van der Waals surface area contributed by atoms with Crippen LogP contribution in [0.15, 0.2) is 48.8 Å². The zero-order valence-electron chi connectivity index (χ0n) is 15.9. The Morgan fingerprint density at radius 3 is 2.81 bits per heavy atom. The summed E-state index contributed by atoms with van der Waals surface area (Å²) in [6.45, 7) is 4.65. The Hall–Kier alpha value is -2.73. The number of piperidine rings is 1. The molecule has 4 rings (SSSR count). The van der Waals surface area contributed by atoms with Crippen molar-refractivity contribution in [1.29, 1.82) is 0 Å². The fourth-order valence-corrected chi connectivity index (χ4v) is 3.87. The van der Waals surface area contributed by atoms with Crippen LogP contribution >= 0.6 is 0 Å². The molecular formula is C21H25N5O. The van der Waals surface area contributed by atoms with Gasteiger partial charge >= 0.3 is 0 Å². The Labute approximate surface area is 159 Å². The van der Waals surface area contributed by atoms with E-state index in [0.717, 1.165) is 38.0 Å². The molecular weight excluding hydrogens is 338 g/mol. The van der Waals surface area contributed by atoms with Crippen LogP contribution in [0.25, 0.3) is 5.52 Å². The van der Waals surface area contributed by atoms with Crippen LogP contribution < -0.4 is 0 Å². The van der Waals surface area contributed by atoms with Crippen molar-refractivity contribution in [3.63, 3.8) is 0 Å². The molecule has 1 aliphatic heterocycles. The quantitative estimate of drug-likeness (QED) is 0.715. The maximum atomic E-state index is 12.8. The highest BCUT2D eigenvalue weighted by Gasteiger charge is 2.26. The SMILES string of the molecule is Cc1cccc(CN(C)C2CCN(C(=O)c3ccc4cnnn4c3)CC2)c1.